The van der Waals surface area contributed by atoms with Crippen LogP contribution in [0.4, 0.5) is 11.4 Å². The van der Waals surface area contributed by atoms with Crippen molar-refractivity contribution in [1.82, 2.24) is 9.78 Å². The predicted molar refractivity (Wildman–Crippen MR) is 105 cm³/mol. The summed E-state index contributed by atoms with van der Waals surface area (Å²) < 4.78 is 7.17. The first kappa shape index (κ1) is 17.3. The molecule has 0 unspecified atom stereocenters. The molecule has 4 rings (SSSR count). The Morgan fingerprint density at radius 2 is 1.70 bits per heavy atom. The molecule has 0 bridgehead atoms. The largest absolute Gasteiger partial charge is 0.378 e. The van der Waals surface area contributed by atoms with Gasteiger partial charge in [0.2, 0.25) is 5.91 Å². The zero-order chi connectivity index (χ0) is 18.5. The van der Waals surface area contributed by atoms with Gasteiger partial charge in [-0.3, -0.25) is 4.79 Å². The summed E-state index contributed by atoms with van der Waals surface area (Å²) in [6.45, 7) is 3.33. The number of hydrogen-bond acceptors (Lipinski definition) is 4. The molecular weight excluding hydrogens is 340 g/mol. The lowest BCUT2D eigenvalue weighted by Crippen LogP contribution is -2.36. The number of nitrogens with one attached hydrogen (secondary N) is 1. The van der Waals surface area contributed by atoms with Crippen LogP contribution in [0.5, 0.6) is 0 Å². The van der Waals surface area contributed by atoms with E-state index >= 15 is 0 Å². The van der Waals surface area contributed by atoms with Crippen molar-refractivity contribution in [1.29, 1.82) is 0 Å². The van der Waals surface area contributed by atoms with Crippen LogP contribution in [0.15, 0.2) is 67.0 Å². The molecule has 1 saturated heterocycles. The van der Waals surface area contributed by atoms with Crippen molar-refractivity contribution in [2.45, 2.75) is 6.42 Å². The molecule has 6 heteroatoms. The molecule has 6 nitrogen and oxygen atoms in total. The van der Waals surface area contributed by atoms with Crippen LogP contribution < -0.4 is 10.2 Å². The number of amides is 1. The van der Waals surface area contributed by atoms with E-state index in [0.717, 1.165) is 48.9 Å². The van der Waals surface area contributed by atoms with E-state index in [1.165, 1.54) is 0 Å². The zero-order valence-corrected chi connectivity index (χ0v) is 15.0. The van der Waals surface area contributed by atoms with Crippen LogP contribution in [0, 0.1) is 0 Å². The van der Waals surface area contributed by atoms with Crippen molar-refractivity contribution < 1.29 is 9.53 Å². The van der Waals surface area contributed by atoms with Gasteiger partial charge < -0.3 is 15.0 Å². The number of hydrogen-bond donors (Lipinski definition) is 1. The number of benzene rings is 2. The average Bonchev–Trinajstić information content (AvgIpc) is 3.25. The third-order valence-corrected chi connectivity index (χ3v) is 4.60. The summed E-state index contributed by atoms with van der Waals surface area (Å²) in [4.78, 5) is 14.6. The van der Waals surface area contributed by atoms with Gasteiger partial charge in [-0.2, -0.15) is 5.10 Å². The molecule has 3 aromatic rings. The molecule has 1 amide bonds. The molecule has 27 heavy (non-hydrogen) atoms. The fourth-order valence-electron chi connectivity index (χ4n) is 3.16. The normalized spacial score (nSPS) is 14.1. The summed E-state index contributed by atoms with van der Waals surface area (Å²) >= 11 is 0. The van der Waals surface area contributed by atoms with Gasteiger partial charge in [0, 0.05) is 36.9 Å². The summed E-state index contributed by atoms with van der Waals surface area (Å²) in [5.41, 5.74) is 3.91. The average molecular weight is 362 g/mol. The zero-order valence-electron chi connectivity index (χ0n) is 15.0. The molecule has 1 fully saturated rings. The van der Waals surface area contributed by atoms with Crippen molar-refractivity contribution in [2.24, 2.45) is 0 Å². The SMILES string of the molecule is O=C(Cc1ccc(-n2cccn2)cc1)Nc1ccc(N2CCOCC2)cc1. The maximum Gasteiger partial charge on any atom is 0.228 e. The number of morpholine rings is 1. The maximum atomic E-state index is 12.3. The number of anilines is 2. The Hall–Kier alpha value is -3.12. The van der Waals surface area contributed by atoms with Crippen LogP contribution in [-0.2, 0) is 16.0 Å². The van der Waals surface area contributed by atoms with Crippen LogP contribution >= 0.6 is 0 Å². The third kappa shape index (κ3) is 4.35. The van der Waals surface area contributed by atoms with Gasteiger partial charge in [0.1, 0.15) is 0 Å². The Bertz CT molecular complexity index is 868. The first-order chi connectivity index (χ1) is 13.3. The lowest BCUT2D eigenvalue weighted by atomic mass is 10.1. The molecule has 0 aliphatic carbocycles. The van der Waals surface area contributed by atoms with Gasteiger partial charge in [-0.05, 0) is 48.0 Å². The molecule has 138 valence electrons. The minimum Gasteiger partial charge on any atom is -0.378 e. The molecule has 1 aromatic heterocycles. The molecule has 0 atom stereocenters. The van der Waals surface area contributed by atoms with Crippen LogP contribution in [0.25, 0.3) is 5.69 Å². The van der Waals surface area contributed by atoms with Gasteiger partial charge in [0.15, 0.2) is 0 Å². The first-order valence-corrected chi connectivity index (χ1v) is 9.09. The van der Waals surface area contributed by atoms with E-state index in [-0.39, 0.29) is 5.91 Å². The second-order valence-corrected chi connectivity index (χ2v) is 6.49. The third-order valence-electron chi connectivity index (χ3n) is 4.60. The molecule has 1 aliphatic rings. The summed E-state index contributed by atoms with van der Waals surface area (Å²) in [7, 11) is 0. The Morgan fingerprint density at radius 3 is 2.37 bits per heavy atom. The highest BCUT2D eigenvalue weighted by atomic mass is 16.5. The van der Waals surface area contributed by atoms with E-state index in [1.54, 1.807) is 10.9 Å². The van der Waals surface area contributed by atoms with E-state index in [4.69, 9.17) is 4.74 Å². The number of rotatable bonds is 5. The quantitative estimate of drug-likeness (QED) is 0.758. The van der Waals surface area contributed by atoms with Crippen LogP contribution in [0.1, 0.15) is 5.56 Å². The van der Waals surface area contributed by atoms with E-state index in [2.05, 4.69) is 15.3 Å². The summed E-state index contributed by atoms with van der Waals surface area (Å²) in [6, 6.07) is 17.7. The highest BCUT2D eigenvalue weighted by molar-refractivity contribution is 5.92. The molecule has 1 aliphatic heterocycles. The van der Waals surface area contributed by atoms with Crippen LogP contribution in [0.3, 0.4) is 0 Å². The van der Waals surface area contributed by atoms with E-state index in [0.29, 0.717) is 6.42 Å². The van der Waals surface area contributed by atoms with Crippen molar-refractivity contribution in [3.8, 4) is 5.69 Å². The van der Waals surface area contributed by atoms with Gasteiger partial charge in [0.25, 0.3) is 0 Å². The molecule has 2 aromatic carbocycles. The minimum absolute atomic E-state index is 0.0269. The fraction of sp³-hybridized carbons (Fsp3) is 0.238. The number of aromatic nitrogens is 2. The first-order valence-electron chi connectivity index (χ1n) is 9.09. The minimum atomic E-state index is -0.0269. The number of nitrogens with zero attached hydrogens (tertiary/aromatic N) is 3. The van der Waals surface area contributed by atoms with E-state index in [9.17, 15) is 4.79 Å². The molecule has 0 radical (unpaired) electrons. The van der Waals surface area contributed by atoms with E-state index in [1.807, 2.05) is 60.8 Å². The maximum absolute atomic E-state index is 12.3. The Morgan fingerprint density at radius 1 is 1.00 bits per heavy atom. The van der Waals surface area contributed by atoms with Gasteiger partial charge in [-0.1, -0.05) is 12.1 Å². The second kappa shape index (κ2) is 8.05. The number of carbonyl (C=O) groups excluding carboxylic acids is 1. The highest BCUT2D eigenvalue weighted by Crippen LogP contribution is 2.19. The molecule has 2 heterocycles. The number of carbonyl (C=O) groups is 1. The van der Waals surface area contributed by atoms with E-state index < -0.39 is 0 Å². The van der Waals surface area contributed by atoms with Gasteiger partial charge in [-0.15, -0.1) is 0 Å². The van der Waals surface area contributed by atoms with Gasteiger partial charge >= 0.3 is 0 Å². The smallest absolute Gasteiger partial charge is 0.228 e. The molecule has 1 N–H and O–H groups in total. The summed E-state index contributed by atoms with van der Waals surface area (Å²) in [5, 5.41) is 7.16. The molecule has 0 spiro atoms. The Labute approximate surface area is 158 Å². The van der Waals surface area contributed by atoms with Crippen molar-refractivity contribution in [3.05, 3.63) is 72.6 Å². The standard InChI is InChI=1S/C21H22N4O2/c26-21(16-17-2-6-20(7-3-17)25-11-1-10-22-25)23-18-4-8-19(9-5-18)24-12-14-27-15-13-24/h1-11H,12-16H2,(H,23,26). The van der Waals surface area contributed by atoms with Crippen molar-refractivity contribution >= 4 is 17.3 Å². The lowest BCUT2D eigenvalue weighted by molar-refractivity contribution is -0.115. The molecule has 0 saturated carbocycles. The van der Waals surface area contributed by atoms with Crippen molar-refractivity contribution in [3.63, 3.8) is 0 Å². The lowest BCUT2D eigenvalue weighted by Gasteiger charge is -2.28. The Kier molecular flexibility index (Phi) is 5.16. The predicted octanol–water partition coefficient (Wildman–Crippen LogP) is 2.89. The van der Waals surface area contributed by atoms with Crippen molar-refractivity contribution in [2.75, 3.05) is 36.5 Å². The van der Waals surface area contributed by atoms with Gasteiger partial charge in [0.05, 0.1) is 25.3 Å². The van der Waals surface area contributed by atoms with Crippen LogP contribution in [-0.4, -0.2) is 42.0 Å². The second-order valence-electron chi connectivity index (χ2n) is 6.49. The monoisotopic (exact) mass is 362 g/mol. The topological polar surface area (TPSA) is 59.4 Å². The summed E-state index contributed by atoms with van der Waals surface area (Å²) in [5.74, 6) is -0.0269. The highest BCUT2D eigenvalue weighted by Gasteiger charge is 2.11. The fourth-order valence-corrected chi connectivity index (χ4v) is 3.16. The summed E-state index contributed by atoms with van der Waals surface area (Å²) in [6.07, 6.45) is 3.97. The number of ether oxygens (including phenoxy) is 1. The molecular formula is C21H22N4O2. The Balaban J connectivity index is 1.33. The van der Waals surface area contributed by atoms with Crippen LogP contribution in [0.2, 0.25) is 0 Å². The van der Waals surface area contributed by atoms with Gasteiger partial charge in [-0.25, -0.2) is 4.68 Å².